The van der Waals surface area contributed by atoms with Crippen LogP contribution in [0.5, 0.6) is 0 Å². The highest BCUT2D eigenvalue weighted by molar-refractivity contribution is 6.41. The van der Waals surface area contributed by atoms with Crippen molar-refractivity contribution in [1.29, 1.82) is 0 Å². The van der Waals surface area contributed by atoms with Gasteiger partial charge in [-0.1, -0.05) is 40.6 Å². The molecule has 30 heavy (non-hydrogen) atoms. The summed E-state index contributed by atoms with van der Waals surface area (Å²) in [5.41, 5.74) is 3.36. The number of rotatable bonds is 4. The maximum atomic E-state index is 14.7. The van der Waals surface area contributed by atoms with Gasteiger partial charge in [0.2, 0.25) is 0 Å². The largest absolute Gasteiger partial charge is 0.394 e. The van der Waals surface area contributed by atoms with Crippen molar-refractivity contribution in [1.82, 2.24) is 0 Å². The van der Waals surface area contributed by atoms with Crippen molar-refractivity contribution in [2.24, 2.45) is 0 Å². The Kier molecular flexibility index (Phi) is 5.77. The smallest absolute Gasteiger partial charge is 0.130 e. The van der Waals surface area contributed by atoms with Crippen LogP contribution >= 0.6 is 11.6 Å². The van der Waals surface area contributed by atoms with Crippen molar-refractivity contribution in [3.8, 4) is 0 Å². The van der Waals surface area contributed by atoms with Gasteiger partial charge in [0.05, 0.1) is 22.3 Å². The normalized spacial score (nSPS) is 29.9. The second kappa shape index (κ2) is 7.93. The van der Waals surface area contributed by atoms with E-state index in [0.29, 0.717) is 18.4 Å². The third-order valence-corrected chi connectivity index (χ3v) is 6.27. The molecular weight excluding hydrogens is 408 g/mol. The van der Waals surface area contributed by atoms with E-state index >= 15 is 0 Å². The zero-order valence-corrected chi connectivity index (χ0v) is 16.8. The monoisotopic (exact) mass is 428 g/mol. The summed E-state index contributed by atoms with van der Waals surface area (Å²) < 4.78 is 20.2. The number of fused-ring (bicyclic) bond motifs is 1. The van der Waals surface area contributed by atoms with Gasteiger partial charge in [0, 0.05) is 10.6 Å². The van der Waals surface area contributed by atoms with E-state index in [0.717, 1.165) is 22.8 Å². The summed E-state index contributed by atoms with van der Waals surface area (Å²) in [5.74, 6) is -0.729. The fraction of sp³-hybridized carbons (Fsp3) is 0.429. The summed E-state index contributed by atoms with van der Waals surface area (Å²) in [5, 5.41) is 39.0. The minimum Gasteiger partial charge on any atom is -0.394 e. The standard InChI is InChI=1S/C21H20B2ClFO5/c22-21(23)7-10-2-1-9(4-13(10)21)3-11-5-12(15(25)6-14(11)24)20-19(29)18(28)17(27)16(8-26)30-20/h1-2,4-6,16-20,26-29H,3,7-8H2/t16-,17-,18+,19-,20+/m1/s1. The Labute approximate surface area is 181 Å². The van der Waals surface area contributed by atoms with Gasteiger partial charge in [-0.3, -0.25) is 0 Å². The minimum atomic E-state index is -1.60. The highest BCUT2D eigenvalue weighted by atomic mass is 35.5. The summed E-state index contributed by atoms with van der Waals surface area (Å²) in [4.78, 5) is 0. The van der Waals surface area contributed by atoms with E-state index in [2.05, 4.69) is 0 Å². The first-order valence-corrected chi connectivity index (χ1v) is 9.98. The molecule has 4 rings (SSSR count). The van der Waals surface area contributed by atoms with E-state index in [-0.39, 0.29) is 10.6 Å². The number of aliphatic hydroxyl groups is 4. The molecule has 2 aliphatic rings. The number of benzene rings is 2. The first-order valence-electron chi connectivity index (χ1n) is 9.60. The van der Waals surface area contributed by atoms with Crippen LogP contribution in [0.1, 0.15) is 33.9 Å². The van der Waals surface area contributed by atoms with Crippen LogP contribution in [0, 0.1) is 5.82 Å². The average molecular weight is 428 g/mol. The first-order chi connectivity index (χ1) is 14.1. The van der Waals surface area contributed by atoms with Gasteiger partial charge in [-0.05, 0) is 41.7 Å². The lowest BCUT2D eigenvalue weighted by molar-refractivity contribution is -0.232. The Morgan fingerprint density at radius 2 is 1.83 bits per heavy atom. The SMILES string of the molecule is [B]C1([B])Cc2ccc(Cc3cc([C@@H]4O[C@H](CO)[C@@H](O)[C@H](O)[C@H]4O)c(F)cc3Cl)cc21. The summed E-state index contributed by atoms with van der Waals surface area (Å²) in [7, 11) is 12.1. The summed E-state index contributed by atoms with van der Waals surface area (Å²) in [6, 6.07) is 8.33. The third kappa shape index (κ3) is 3.70. The molecule has 5 atom stereocenters. The average Bonchev–Trinajstić information content (AvgIpc) is 2.69. The van der Waals surface area contributed by atoms with Crippen molar-refractivity contribution in [3.05, 3.63) is 69.0 Å². The van der Waals surface area contributed by atoms with E-state index < -0.39 is 48.2 Å². The Morgan fingerprint density at radius 1 is 1.10 bits per heavy atom. The van der Waals surface area contributed by atoms with Crippen LogP contribution in [0.15, 0.2) is 30.3 Å². The zero-order chi connectivity index (χ0) is 21.8. The van der Waals surface area contributed by atoms with Crippen molar-refractivity contribution < 1.29 is 29.6 Å². The van der Waals surface area contributed by atoms with Gasteiger partial charge >= 0.3 is 0 Å². The maximum absolute atomic E-state index is 14.7. The molecule has 1 saturated heterocycles. The van der Waals surface area contributed by atoms with E-state index in [9.17, 15) is 24.8 Å². The summed E-state index contributed by atoms with van der Waals surface area (Å²) >= 11 is 6.25. The van der Waals surface area contributed by atoms with Gasteiger partial charge in [-0.25, -0.2) is 4.39 Å². The molecule has 5 nitrogen and oxygen atoms in total. The van der Waals surface area contributed by atoms with Crippen LogP contribution < -0.4 is 0 Å². The zero-order valence-electron chi connectivity index (χ0n) is 16.0. The number of ether oxygens (including phenoxy) is 1. The molecule has 0 bridgehead atoms. The topological polar surface area (TPSA) is 90.2 Å². The molecule has 4 N–H and O–H groups in total. The van der Waals surface area contributed by atoms with E-state index in [1.165, 1.54) is 6.07 Å². The predicted molar refractivity (Wildman–Crippen MR) is 110 cm³/mol. The van der Waals surface area contributed by atoms with Gasteiger partial charge < -0.3 is 25.2 Å². The molecule has 0 amide bonds. The van der Waals surface area contributed by atoms with Crippen molar-refractivity contribution in [2.45, 2.75) is 48.6 Å². The summed E-state index contributed by atoms with van der Waals surface area (Å²) in [6.45, 7) is -0.599. The van der Waals surface area contributed by atoms with Crippen molar-refractivity contribution in [3.63, 3.8) is 0 Å². The molecule has 0 saturated carbocycles. The number of aliphatic hydroxyl groups excluding tert-OH is 4. The van der Waals surface area contributed by atoms with E-state index in [4.69, 9.17) is 32.0 Å². The fourth-order valence-electron chi connectivity index (χ4n) is 4.17. The number of hydrogen-bond acceptors (Lipinski definition) is 5. The second-order valence-electron chi connectivity index (χ2n) is 8.10. The van der Waals surface area contributed by atoms with E-state index in [1.54, 1.807) is 0 Å². The van der Waals surface area contributed by atoms with Gasteiger partial charge in [0.15, 0.2) is 0 Å². The lowest BCUT2D eigenvalue weighted by Crippen LogP contribution is -2.55. The van der Waals surface area contributed by atoms with Crippen molar-refractivity contribution in [2.75, 3.05) is 6.61 Å². The fourth-order valence-corrected chi connectivity index (χ4v) is 4.39. The Bertz CT molecular complexity index is 971. The number of hydrogen-bond donors (Lipinski definition) is 4. The van der Waals surface area contributed by atoms with Gasteiger partial charge in [0.25, 0.3) is 0 Å². The highest BCUT2D eigenvalue weighted by Crippen LogP contribution is 2.38. The number of halogens is 2. The Hall–Kier alpha value is -1.41. The first kappa shape index (κ1) is 21.8. The molecule has 9 heteroatoms. The van der Waals surface area contributed by atoms with Crippen LogP contribution in [-0.4, -0.2) is 67.1 Å². The quantitative estimate of drug-likeness (QED) is 0.537. The van der Waals surface area contributed by atoms with Crippen LogP contribution in [0.4, 0.5) is 4.39 Å². The molecule has 154 valence electrons. The molecule has 2 aromatic carbocycles. The third-order valence-electron chi connectivity index (χ3n) is 5.92. The van der Waals surface area contributed by atoms with Crippen LogP contribution in [0.2, 0.25) is 5.02 Å². The van der Waals surface area contributed by atoms with Gasteiger partial charge in [0.1, 0.15) is 36.3 Å². The van der Waals surface area contributed by atoms with Crippen molar-refractivity contribution >= 4 is 27.3 Å². The molecule has 0 aromatic heterocycles. The lowest BCUT2D eigenvalue weighted by Gasteiger charge is -2.40. The molecule has 1 aliphatic carbocycles. The second-order valence-corrected chi connectivity index (χ2v) is 8.51. The molecule has 0 spiro atoms. The lowest BCUT2D eigenvalue weighted by atomic mass is 9.42. The molecule has 1 aliphatic heterocycles. The molecule has 0 unspecified atom stereocenters. The van der Waals surface area contributed by atoms with Gasteiger partial charge in [-0.2, -0.15) is 0 Å². The molecule has 4 radical (unpaired) electrons. The molecule has 2 aromatic rings. The van der Waals surface area contributed by atoms with Crippen LogP contribution in [0.25, 0.3) is 0 Å². The Morgan fingerprint density at radius 3 is 2.50 bits per heavy atom. The predicted octanol–water partition coefficient (Wildman–Crippen LogP) is 0.631. The van der Waals surface area contributed by atoms with Crippen LogP contribution in [-0.2, 0) is 22.8 Å². The minimum absolute atomic E-state index is 0.0257. The summed E-state index contributed by atoms with van der Waals surface area (Å²) in [6.07, 6.45) is -6.18. The van der Waals surface area contributed by atoms with E-state index in [1.807, 2.05) is 18.2 Å². The molecule has 1 heterocycles. The molecular formula is C21H20B2ClFO5. The highest BCUT2D eigenvalue weighted by Gasteiger charge is 2.45. The Balaban J connectivity index is 1.66. The van der Waals surface area contributed by atoms with Gasteiger partial charge in [-0.15, -0.1) is 0 Å². The van der Waals surface area contributed by atoms with Crippen LogP contribution in [0.3, 0.4) is 0 Å². The maximum Gasteiger partial charge on any atom is 0.130 e. The molecule has 1 fully saturated rings.